The van der Waals surface area contributed by atoms with Crippen molar-refractivity contribution in [1.29, 1.82) is 0 Å². The molecule has 2 aromatic rings. The van der Waals surface area contributed by atoms with Crippen molar-refractivity contribution in [3.63, 3.8) is 0 Å². The summed E-state index contributed by atoms with van der Waals surface area (Å²) in [7, 11) is 1.66. The number of nitrogens with one attached hydrogen (secondary N) is 1. The molecule has 1 saturated heterocycles. The Kier molecular flexibility index (Phi) is 3.36. The Labute approximate surface area is 117 Å². The van der Waals surface area contributed by atoms with Crippen molar-refractivity contribution in [3.05, 3.63) is 30.0 Å². The van der Waals surface area contributed by atoms with Gasteiger partial charge in [-0.05, 0) is 30.2 Å². The second-order valence-corrected chi connectivity index (χ2v) is 4.98. The fraction of sp³-hybridized carbons (Fsp3) is 0.400. The Morgan fingerprint density at radius 3 is 3.00 bits per heavy atom. The Morgan fingerprint density at radius 1 is 1.55 bits per heavy atom. The van der Waals surface area contributed by atoms with Crippen LogP contribution in [0.15, 0.2) is 24.4 Å². The van der Waals surface area contributed by atoms with Crippen molar-refractivity contribution in [2.45, 2.75) is 19.6 Å². The first-order valence-electron chi connectivity index (χ1n) is 6.72. The maximum Gasteiger partial charge on any atom is 0.221 e. The van der Waals surface area contributed by atoms with E-state index >= 15 is 0 Å². The number of aromatic amines is 1. The molecule has 1 aromatic heterocycles. The van der Waals surface area contributed by atoms with E-state index in [0.717, 1.165) is 23.1 Å². The van der Waals surface area contributed by atoms with E-state index in [4.69, 9.17) is 9.47 Å². The van der Waals surface area contributed by atoms with Crippen LogP contribution in [0.25, 0.3) is 10.9 Å². The van der Waals surface area contributed by atoms with Gasteiger partial charge in [-0.1, -0.05) is 0 Å². The van der Waals surface area contributed by atoms with Gasteiger partial charge in [0.15, 0.2) is 6.23 Å². The molecule has 0 saturated carbocycles. The molecule has 1 fully saturated rings. The summed E-state index contributed by atoms with van der Waals surface area (Å²) in [6.45, 7) is 2.91. The van der Waals surface area contributed by atoms with Gasteiger partial charge in [0.2, 0.25) is 5.91 Å². The van der Waals surface area contributed by atoms with Crippen molar-refractivity contribution in [1.82, 2.24) is 9.88 Å². The number of fused-ring (bicyclic) bond motifs is 1. The summed E-state index contributed by atoms with van der Waals surface area (Å²) in [5, 5.41) is 1.14. The average Bonchev–Trinajstić information content (AvgIpc) is 3.19. The molecule has 1 amide bonds. The number of nitrogens with zero attached hydrogens (tertiary/aromatic N) is 1. The van der Waals surface area contributed by atoms with Gasteiger partial charge in [-0.15, -0.1) is 0 Å². The van der Waals surface area contributed by atoms with Gasteiger partial charge in [-0.2, -0.15) is 0 Å². The minimum atomic E-state index is -0.0211. The zero-order chi connectivity index (χ0) is 14.1. The number of hydrogen-bond donors (Lipinski definition) is 1. The predicted octanol–water partition coefficient (Wildman–Crippen LogP) is 1.92. The Hall–Kier alpha value is -2.01. The molecule has 5 heteroatoms. The van der Waals surface area contributed by atoms with E-state index in [0.29, 0.717) is 13.2 Å². The highest BCUT2D eigenvalue weighted by Gasteiger charge is 2.31. The minimum absolute atomic E-state index is 0.0211. The highest BCUT2D eigenvalue weighted by atomic mass is 16.6. The topological polar surface area (TPSA) is 57.9 Å². The van der Waals surface area contributed by atoms with Gasteiger partial charge >= 0.3 is 0 Å². The van der Waals surface area contributed by atoms with Crippen molar-refractivity contribution in [3.8, 4) is 5.75 Å². The van der Waals surface area contributed by atoms with Crippen molar-refractivity contribution >= 4 is 16.8 Å². The normalized spacial score (nSPS) is 17.2. The molecular weight excluding hydrogens is 256 g/mol. The molecule has 1 aliphatic heterocycles. The van der Waals surface area contributed by atoms with Crippen molar-refractivity contribution < 1.29 is 14.3 Å². The van der Waals surface area contributed by atoms with Gasteiger partial charge in [0.05, 0.1) is 13.7 Å². The van der Waals surface area contributed by atoms with Crippen LogP contribution in [0.5, 0.6) is 5.75 Å². The molecule has 1 atom stereocenters. The van der Waals surface area contributed by atoms with Crippen LogP contribution in [-0.4, -0.2) is 42.3 Å². The smallest absolute Gasteiger partial charge is 0.221 e. The number of methoxy groups -OCH3 is 1. The van der Waals surface area contributed by atoms with Crippen LogP contribution >= 0.6 is 0 Å². The van der Waals surface area contributed by atoms with E-state index in [1.807, 2.05) is 24.4 Å². The highest BCUT2D eigenvalue weighted by Crippen LogP contribution is 2.25. The van der Waals surface area contributed by atoms with Gasteiger partial charge < -0.3 is 19.4 Å². The number of rotatable bonds is 5. The lowest BCUT2D eigenvalue weighted by Crippen LogP contribution is -2.33. The molecule has 0 spiro atoms. The number of ether oxygens (including phenoxy) is 2. The number of hydrogen-bond acceptors (Lipinski definition) is 3. The van der Waals surface area contributed by atoms with Gasteiger partial charge in [0.25, 0.3) is 0 Å². The molecule has 3 rings (SSSR count). The summed E-state index contributed by atoms with van der Waals surface area (Å²) in [6, 6.07) is 5.96. The summed E-state index contributed by atoms with van der Waals surface area (Å²) < 4.78 is 10.5. The van der Waals surface area contributed by atoms with E-state index in [9.17, 15) is 4.79 Å². The van der Waals surface area contributed by atoms with Gasteiger partial charge in [0.1, 0.15) is 5.75 Å². The van der Waals surface area contributed by atoms with Gasteiger partial charge in [-0.25, -0.2) is 0 Å². The maximum absolute atomic E-state index is 11.6. The van der Waals surface area contributed by atoms with Crippen molar-refractivity contribution in [2.75, 3.05) is 20.3 Å². The summed E-state index contributed by atoms with van der Waals surface area (Å²) in [5.74, 6) is 0.900. The molecule has 2 heterocycles. The molecule has 106 valence electrons. The largest absolute Gasteiger partial charge is 0.497 e. The lowest BCUT2D eigenvalue weighted by Gasteiger charge is -2.18. The van der Waals surface area contributed by atoms with Crippen LogP contribution in [0.4, 0.5) is 0 Å². The average molecular weight is 274 g/mol. The number of aromatic nitrogens is 1. The highest BCUT2D eigenvalue weighted by molar-refractivity contribution is 5.84. The van der Waals surface area contributed by atoms with Crippen LogP contribution in [0, 0.1) is 0 Å². The molecule has 1 aromatic carbocycles. The predicted molar refractivity (Wildman–Crippen MR) is 75.7 cm³/mol. The number of carbonyl (C=O) groups is 1. The molecule has 20 heavy (non-hydrogen) atoms. The van der Waals surface area contributed by atoms with Gasteiger partial charge in [0, 0.05) is 30.6 Å². The van der Waals surface area contributed by atoms with Crippen LogP contribution < -0.4 is 4.74 Å². The molecular formula is C15H18N2O3. The van der Waals surface area contributed by atoms with Gasteiger partial charge in [-0.3, -0.25) is 4.79 Å². The van der Waals surface area contributed by atoms with Crippen molar-refractivity contribution in [2.24, 2.45) is 0 Å². The van der Waals surface area contributed by atoms with Crippen LogP contribution in [0.3, 0.4) is 0 Å². The SMILES string of the molecule is COc1ccc2[nH]cc(CCN(C(C)=O)C3CO3)c2c1. The quantitative estimate of drug-likeness (QED) is 0.847. The summed E-state index contributed by atoms with van der Waals surface area (Å²) in [4.78, 5) is 16.6. The molecule has 0 radical (unpaired) electrons. The Balaban J connectivity index is 1.78. The number of amides is 1. The standard InChI is InChI=1S/C15H18N2O3/c1-10(18)17(15-9-20-15)6-5-11-8-16-14-4-3-12(19-2)7-13(11)14/h3-4,7-8,15-16H,5-6,9H2,1-2H3. The summed E-state index contributed by atoms with van der Waals surface area (Å²) in [5.41, 5.74) is 2.27. The van der Waals surface area contributed by atoms with E-state index in [1.165, 1.54) is 5.56 Å². The van der Waals surface area contributed by atoms with Crippen LogP contribution in [-0.2, 0) is 16.0 Å². The minimum Gasteiger partial charge on any atom is -0.497 e. The monoisotopic (exact) mass is 274 g/mol. The zero-order valence-electron chi connectivity index (χ0n) is 11.7. The second-order valence-electron chi connectivity index (χ2n) is 4.98. The fourth-order valence-electron chi connectivity index (χ4n) is 2.46. The molecule has 5 nitrogen and oxygen atoms in total. The first kappa shape index (κ1) is 13.0. The second kappa shape index (κ2) is 5.17. The number of carbonyl (C=O) groups excluding carboxylic acids is 1. The molecule has 1 unspecified atom stereocenters. The summed E-state index contributed by atoms with van der Waals surface area (Å²) in [6.07, 6.45) is 2.77. The molecule has 0 bridgehead atoms. The number of H-pyrrole nitrogens is 1. The summed E-state index contributed by atoms with van der Waals surface area (Å²) >= 11 is 0. The Bertz CT molecular complexity index is 631. The molecule has 1 N–H and O–H groups in total. The lowest BCUT2D eigenvalue weighted by molar-refractivity contribution is -0.130. The van der Waals surface area contributed by atoms with E-state index in [2.05, 4.69) is 4.98 Å². The van der Waals surface area contributed by atoms with Crippen LogP contribution in [0.1, 0.15) is 12.5 Å². The molecule has 1 aliphatic rings. The zero-order valence-corrected chi connectivity index (χ0v) is 11.7. The number of epoxide rings is 1. The third-order valence-corrected chi connectivity index (χ3v) is 3.66. The Morgan fingerprint density at radius 2 is 2.35 bits per heavy atom. The first-order valence-corrected chi connectivity index (χ1v) is 6.72. The third kappa shape index (κ3) is 2.49. The maximum atomic E-state index is 11.6. The van der Waals surface area contributed by atoms with E-state index < -0.39 is 0 Å². The lowest BCUT2D eigenvalue weighted by atomic mass is 10.1. The van der Waals surface area contributed by atoms with E-state index in [-0.39, 0.29) is 12.1 Å². The molecule has 0 aliphatic carbocycles. The van der Waals surface area contributed by atoms with Crippen LogP contribution in [0.2, 0.25) is 0 Å². The third-order valence-electron chi connectivity index (χ3n) is 3.66. The first-order chi connectivity index (χ1) is 9.69. The number of benzene rings is 1. The fourth-order valence-corrected chi connectivity index (χ4v) is 2.46. The van der Waals surface area contributed by atoms with E-state index in [1.54, 1.807) is 18.9 Å².